The van der Waals surface area contributed by atoms with Crippen molar-refractivity contribution in [1.82, 2.24) is 0 Å². The summed E-state index contributed by atoms with van der Waals surface area (Å²) in [5.41, 5.74) is 0. The van der Waals surface area contributed by atoms with Crippen LogP contribution in [0.5, 0.6) is 0 Å². The fraction of sp³-hybridized carbons (Fsp3) is 0.895. The molecule has 0 aliphatic carbocycles. The maximum absolute atomic E-state index is 12.1. The van der Waals surface area contributed by atoms with Gasteiger partial charge in [0.1, 0.15) is 12.4 Å². The van der Waals surface area contributed by atoms with E-state index in [1.165, 1.54) is 11.8 Å². The molecule has 0 amide bonds. The van der Waals surface area contributed by atoms with Crippen LogP contribution in [-0.4, -0.2) is 45.5 Å². The van der Waals surface area contributed by atoms with E-state index in [0.717, 1.165) is 30.8 Å². The lowest BCUT2D eigenvalue weighted by atomic mass is 10.1. The Morgan fingerprint density at radius 2 is 1.69 bits per heavy atom. The average Bonchev–Trinajstić information content (AvgIpc) is 3.00. The van der Waals surface area contributed by atoms with Crippen molar-refractivity contribution >= 4 is 39.8 Å². The second-order valence-corrected chi connectivity index (χ2v) is 19.6. The second kappa shape index (κ2) is 9.50. The van der Waals surface area contributed by atoms with Gasteiger partial charge in [-0.05, 0) is 42.7 Å². The van der Waals surface area contributed by atoms with Crippen LogP contribution in [0.4, 0.5) is 0 Å². The number of hydrogen-bond donors (Lipinski definition) is 0. The highest BCUT2D eigenvalue weighted by Crippen LogP contribution is 2.42. The van der Waals surface area contributed by atoms with Gasteiger partial charge in [0.15, 0.2) is 21.8 Å². The van der Waals surface area contributed by atoms with E-state index < -0.39 is 22.7 Å². The fourth-order valence-electron chi connectivity index (χ4n) is 3.11. The maximum atomic E-state index is 12.1. The Morgan fingerprint density at radius 1 is 1.15 bits per heavy atom. The smallest absolute Gasteiger partial charge is 0.193 e. The molecule has 0 N–H and O–H groups in total. The lowest BCUT2D eigenvalue weighted by molar-refractivity contribution is -0.118. The zero-order valence-corrected chi connectivity index (χ0v) is 20.7. The summed E-state index contributed by atoms with van der Waals surface area (Å²) >= 11 is 1.35. The van der Waals surface area contributed by atoms with Crippen molar-refractivity contribution in [2.45, 2.75) is 108 Å². The Labute approximate surface area is 166 Å². The molecule has 0 radical (unpaired) electrons. The molecule has 1 rings (SSSR count). The predicted molar refractivity (Wildman–Crippen MR) is 116 cm³/mol. The number of thioether (sulfide) groups is 1. The summed E-state index contributed by atoms with van der Waals surface area (Å²) in [6, 6.07) is 2.98. The molecule has 0 unspecified atom stereocenters. The Kier molecular flexibility index (Phi) is 8.80. The quantitative estimate of drug-likeness (QED) is 0.352. The largest absolute Gasteiger partial charge is 0.410 e. The molecule has 1 fully saturated rings. The lowest BCUT2D eigenvalue weighted by Crippen LogP contribution is -2.54. The summed E-state index contributed by atoms with van der Waals surface area (Å²) in [5, 5.41) is 0.262. The molecule has 0 spiro atoms. The van der Waals surface area contributed by atoms with Gasteiger partial charge in [0, 0.05) is 11.7 Å². The minimum atomic E-state index is -2.09. The SMILES string of the molecule is CC[Si](CC)(CC)O[C@H](C=O)[C@@H](O[Si](C)(C)C(C)(C)C)[C@H]1CCC(=O)S1. The first-order valence-electron chi connectivity index (χ1n) is 9.95. The summed E-state index contributed by atoms with van der Waals surface area (Å²) in [7, 11) is -4.03. The molecule has 0 aromatic rings. The van der Waals surface area contributed by atoms with E-state index in [1.807, 2.05) is 0 Å². The predicted octanol–water partition coefficient (Wildman–Crippen LogP) is 5.39. The number of rotatable bonds is 10. The number of carbonyl (C=O) groups is 2. The van der Waals surface area contributed by atoms with E-state index in [4.69, 9.17) is 8.85 Å². The van der Waals surface area contributed by atoms with Gasteiger partial charge in [0.05, 0.1) is 6.10 Å². The molecule has 0 aromatic carbocycles. The summed E-state index contributed by atoms with van der Waals surface area (Å²) in [6.07, 6.45) is 1.37. The highest BCUT2D eigenvalue weighted by molar-refractivity contribution is 8.14. The standard InChI is InChI=1S/C19H38O4SSi2/c1-9-26(10-2,11-3)22-15(14-20)18(16-12-13-17(21)24-16)23-25(7,8)19(4,5)6/h14-16,18H,9-13H2,1-8H3/t15-,16-,18-/m1/s1. The van der Waals surface area contributed by atoms with E-state index >= 15 is 0 Å². The van der Waals surface area contributed by atoms with Gasteiger partial charge in [-0.25, -0.2) is 0 Å². The van der Waals surface area contributed by atoms with Gasteiger partial charge in [0.25, 0.3) is 0 Å². The molecule has 7 heteroatoms. The second-order valence-electron chi connectivity index (χ2n) is 8.87. The first-order valence-corrected chi connectivity index (χ1v) is 16.3. The number of carbonyl (C=O) groups excluding carboxylic acids is 2. The molecule has 3 atom stereocenters. The van der Waals surface area contributed by atoms with Crippen molar-refractivity contribution in [3.8, 4) is 0 Å². The molecular formula is C19H38O4SSi2. The van der Waals surface area contributed by atoms with Crippen LogP contribution in [0.15, 0.2) is 0 Å². The van der Waals surface area contributed by atoms with E-state index in [1.54, 1.807) is 0 Å². The molecule has 1 heterocycles. The van der Waals surface area contributed by atoms with Crippen LogP contribution in [0.2, 0.25) is 36.3 Å². The Morgan fingerprint density at radius 3 is 2.04 bits per heavy atom. The Hall–Kier alpha value is 0.0438. The number of hydrogen-bond acceptors (Lipinski definition) is 5. The first-order chi connectivity index (χ1) is 11.9. The third kappa shape index (κ3) is 5.77. The molecule has 0 saturated carbocycles. The van der Waals surface area contributed by atoms with Gasteiger partial charge in [-0.2, -0.15) is 0 Å². The zero-order valence-electron chi connectivity index (χ0n) is 17.9. The monoisotopic (exact) mass is 418 g/mol. The Bertz CT molecular complexity index is 478. The van der Waals surface area contributed by atoms with Gasteiger partial charge >= 0.3 is 0 Å². The van der Waals surface area contributed by atoms with Crippen LogP contribution in [0.25, 0.3) is 0 Å². The van der Waals surface area contributed by atoms with E-state index in [9.17, 15) is 9.59 Å². The molecule has 1 saturated heterocycles. The Balaban J connectivity index is 3.16. The van der Waals surface area contributed by atoms with Crippen LogP contribution in [0.1, 0.15) is 54.4 Å². The van der Waals surface area contributed by atoms with Gasteiger partial charge < -0.3 is 13.6 Å². The van der Waals surface area contributed by atoms with Crippen LogP contribution >= 0.6 is 11.8 Å². The summed E-state index contributed by atoms with van der Waals surface area (Å²) in [5.74, 6) is 0. The van der Waals surface area contributed by atoms with Crippen molar-refractivity contribution in [3.05, 3.63) is 0 Å². The minimum Gasteiger partial charge on any atom is -0.410 e. The van der Waals surface area contributed by atoms with E-state index in [-0.39, 0.29) is 21.5 Å². The normalized spacial score (nSPS) is 21.7. The third-order valence-corrected chi connectivity index (χ3v) is 16.7. The number of aldehydes is 1. The van der Waals surface area contributed by atoms with Crippen LogP contribution < -0.4 is 0 Å². The van der Waals surface area contributed by atoms with Crippen molar-refractivity contribution in [3.63, 3.8) is 0 Å². The molecule has 0 bridgehead atoms. The summed E-state index contributed by atoms with van der Waals surface area (Å²) in [6.45, 7) is 17.5. The molecule has 152 valence electrons. The summed E-state index contributed by atoms with van der Waals surface area (Å²) in [4.78, 5) is 24.0. The topological polar surface area (TPSA) is 52.6 Å². The molecular weight excluding hydrogens is 380 g/mol. The molecule has 1 aliphatic rings. The fourth-order valence-corrected chi connectivity index (χ4v) is 8.46. The van der Waals surface area contributed by atoms with Crippen molar-refractivity contribution in [1.29, 1.82) is 0 Å². The highest BCUT2D eigenvalue weighted by atomic mass is 32.2. The van der Waals surface area contributed by atoms with Gasteiger partial charge in [-0.3, -0.25) is 4.79 Å². The molecule has 4 nitrogen and oxygen atoms in total. The maximum Gasteiger partial charge on any atom is 0.193 e. The van der Waals surface area contributed by atoms with Gasteiger partial charge in [0.2, 0.25) is 0 Å². The third-order valence-electron chi connectivity index (χ3n) is 6.30. The van der Waals surface area contributed by atoms with Crippen molar-refractivity contribution in [2.75, 3.05) is 0 Å². The average molecular weight is 419 g/mol. The van der Waals surface area contributed by atoms with Gasteiger partial charge in [-0.15, -0.1) is 0 Å². The van der Waals surface area contributed by atoms with Crippen molar-refractivity contribution < 1.29 is 18.4 Å². The van der Waals surface area contributed by atoms with E-state index in [0.29, 0.717) is 6.42 Å². The molecule has 0 aromatic heterocycles. The lowest BCUT2D eigenvalue weighted by Gasteiger charge is -2.43. The van der Waals surface area contributed by atoms with Gasteiger partial charge in [-0.1, -0.05) is 53.3 Å². The highest BCUT2D eigenvalue weighted by Gasteiger charge is 2.46. The molecule has 1 aliphatic heterocycles. The molecule has 26 heavy (non-hydrogen) atoms. The van der Waals surface area contributed by atoms with Crippen LogP contribution in [-0.2, 0) is 18.4 Å². The van der Waals surface area contributed by atoms with Crippen LogP contribution in [0, 0.1) is 0 Å². The zero-order chi connectivity index (χ0) is 20.2. The first kappa shape index (κ1) is 24.1. The minimum absolute atomic E-state index is 0.0177. The van der Waals surface area contributed by atoms with Crippen LogP contribution in [0.3, 0.4) is 0 Å². The van der Waals surface area contributed by atoms with E-state index in [2.05, 4.69) is 54.6 Å². The van der Waals surface area contributed by atoms with Crippen molar-refractivity contribution in [2.24, 2.45) is 0 Å². The summed E-state index contributed by atoms with van der Waals surface area (Å²) < 4.78 is 13.2.